The molecule has 0 aliphatic carbocycles. The van der Waals surface area contributed by atoms with Crippen LogP contribution in [0.4, 0.5) is 0 Å². The zero-order chi connectivity index (χ0) is 17.4. The molecule has 24 heavy (non-hydrogen) atoms. The highest BCUT2D eigenvalue weighted by atomic mass is 79.9. The Morgan fingerprint density at radius 1 is 1.08 bits per heavy atom. The first kappa shape index (κ1) is 18.8. The number of nitrogens with one attached hydrogen (secondary N) is 1. The van der Waals surface area contributed by atoms with Crippen molar-refractivity contribution >= 4 is 15.9 Å². The van der Waals surface area contributed by atoms with Crippen molar-refractivity contribution < 1.29 is 9.47 Å². The molecule has 0 spiro atoms. The summed E-state index contributed by atoms with van der Waals surface area (Å²) < 4.78 is 12.8. The minimum absolute atomic E-state index is 0.527. The van der Waals surface area contributed by atoms with E-state index in [1.165, 1.54) is 16.7 Å². The Labute approximate surface area is 153 Å². The van der Waals surface area contributed by atoms with Crippen LogP contribution in [0, 0.1) is 6.92 Å². The molecule has 0 saturated heterocycles. The molecule has 0 unspecified atom stereocenters. The van der Waals surface area contributed by atoms with Gasteiger partial charge in [-0.05, 0) is 71.6 Å². The van der Waals surface area contributed by atoms with Crippen LogP contribution >= 0.6 is 15.9 Å². The van der Waals surface area contributed by atoms with E-state index in [0.717, 1.165) is 35.5 Å². The van der Waals surface area contributed by atoms with Crippen LogP contribution in [0.25, 0.3) is 0 Å². The monoisotopic (exact) mass is 391 g/mol. The molecule has 4 heteroatoms. The SMILES string of the molecule is CCCNCc1cc(Br)c(OCc2ccccc2C)c(OCC)c1. The van der Waals surface area contributed by atoms with E-state index in [4.69, 9.17) is 9.47 Å². The molecule has 0 aliphatic heterocycles. The van der Waals surface area contributed by atoms with Crippen LogP contribution in [0.15, 0.2) is 40.9 Å². The molecule has 0 fully saturated rings. The quantitative estimate of drug-likeness (QED) is 0.593. The van der Waals surface area contributed by atoms with Crippen LogP contribution in [0.1, 0.15) is 37.0 Å². The highest BCUT2D eigenvalue weighted by molar-refractivity contribution is 9.10. The summed E-state index contributed by atoms with van der Waals surface area (Å²) in [6, 6.07) is 12.4. The fraction of sp³-hybridized carbons (Fsp3) is 0.400. The van der Waals surface area contributed by atoms with Crippen molar-refractivity contribution in [3.8, 4) is 11.5 Å². The van der Waals surface area contributed by atoms with Crippen LogP contribution in [-0.2, 0) is 13.2 Å². The molecule has 2 rings (SSSR count). The Morgan fingerprint density at radius 2 is 1.88 bits per heavy atom. The fourth-order valence-corrected chi connectivity index (χ4v) is 3.06. The maximum atomic E-state index is 6.08. The molecule has 2 aromatic carbocycles. The van der Waals surface area contributed by atoms with Gasteiger partial charge in [0.2, 0.25) is 0 Å². The molecule has 2 aromatic rings. The van der Waals surface area contributed by atoms with E-state index in [9.17, 15) is 0 Å². The number of hydrogen-bond acceptors (Lipinski definition) is 3. The summed E-state index contributed by atoms with van der Waals surface area (Å²) in [6.07, 6.45) is 1.12. The predicted octanol–water partition coefficient (Wildman–Crippen LogP) is 5.23. The van der Waals surface area contributed by atoms with Gasteiger partial charge in [0.05, 0.1) is 11.1 Å². The first-order valence-electron chi connectivity index (χ1n) is 8.49. The second-order valence-corrected chi connectivity index (χ2v) is 6.58. The molecule has 130 valence electrons. The largest absolute Gasteiger partial charge is 0.490 e. The number of aryl methyl sites for hydroxylation is 1. The molecule has 0 saturated carbocycles. The summed E-state index contributed by atoms with van der Waals surface area (Å²) in [4.78, 5) is 0. The molecule has 0 bridgehead atoms. The minimum atomic E-state index is 0.527. The Hall–Kier alpha value is -1.52. The summed E-state index contributed by atoms with van der Waals surface area (Å²) in [5.74, 6) is 1.55. The third-order valence-electron chi connectivity index (χ3n) is 3.76. The normalized spacial score (nSPS) is 10.7. The summed E-state index contributed by atoms with van der Waals surface area (Å²) >= 11 is 3.64. The molecule has 0 radical (unpaired) electrons. The molecule has 3 nitrogen and oxygen atoms in total. The van der Waals surface area contributed by atoms with Gasteiger partial charge in [-0.15, -0.1) is 0 Å². The van der Waals surface area contributed by atoms with Crippen LogP contribution in [0.2, 0.25) is 0 Å². The van der Waals surface area contributed by atoms with Gasteiger partial charge in [-0.1, -0.05) is 31.2 Å². The van der Waals surface area contributed by atoms with E-state index >= 15 is 0 Å². The van der Waals surface area contributed by atoms with Gasteiger partial charge in [-0.25, -0.2) is 0 Å². The van der Waals surface area contributed by atoms with E-state index in [1.807, 2.05) is 19.1 Å². The summed E-state index contributed by atoms with van der Waals surface area (Å²) in [6.45, 7) is 9.22. The van der Waals surface area contributed by atoms with Gasteiger partial charge < -0.3 is 14.8 Å². The van der Waals surface area contributed by atoms with Crippen molar-refractivity contribution in [3.05, 3.63) is 57.6 Å². The first-order valence-corrected chi connectivity index (χ1v) is 9.28. The van der Waals surface area contributed by atoms with E-state index < -0.39 is 0 Å². The lowest BCUT2D eigenvalue weighted by Gasteiger charge is -2.16. The Morgan fingerprint density at radius 3 is 2.58 bits per heavy atom. The second-order valence-electron chi connectivity index (χ2n) is 5.73. The molecular formula is C20H26BrNO2. The Balaban J connectivity index is 2.16. The van der Waals surface area contributed by atoms with Crippen LogP contribution in [0.3, 0.4) is 0 Å². The third-order valence-corrected chi connectivity index (χ3v) is 4.35. The van der Waals surface area contributed by atoms with Gasteiger partial charge in [-0.3, -0.25) is 0 Å². The summed E-state index contributed by atoms with van der Waals surface area (Å²) in [5.41, 5.74) is 3.59. The lowest BCUT2D eigenvalue weighted by molar-refractivity contribution is 0.267. The average molecular weight is 392 g/mol. The van der Waals surface area contributed by atoms with E-state index in [2.05, 4.69) is 59.4 Å². The minimum Gasteiger partial charge on any atom is -0.490 e. The second kappa shape index (κ2) is 9.70. The molecule has 0 heterocycles. The molecule has 0 aliphatic rings. The maximum absolute atomic E-state index is 6.08. The highest BCUT2D eigenvalue weighted by Gasteiger charge is 2.13. The molecule has 1 N–H and O–H groups in total. The Bertz CT molecular complexity index is 658. The van der Waals surface area contributed by atoms with Crippen molar-refractivity contribution in [1.29, 1.82) is 0 Å². The molecule has 0 amide bonds. The van der Waals surface area contributed by atoms with Crippen molar-refractivity contribution in [1.82, 2.24) is 5.32 Å². The number of benzene rings is 2. The van der Waals surface area contributed by atoms with Crippen molar-refractivity contribution in [2.24, 2.45) is 0 Å². The Kier molecular flexibility index (Phi) is 7.60. The van der Waals surface area contributed by atoms with Gasteiger partial charge in [0.25, 0.3) is 0 Å². The number of halogens is 1. The molecular weight excluding hydrogens is 366 g/mol. The summed E-state index contributed by atoms with van der Waals surface area (Å²) in [5, 5.41) is 3.42. The maximum Gasteiger partial charge on any atom is 0.175 e. The average Bonchev–Trinajstić information content (AvgIpc) is 2.56. The van der Waals surface area contributed by atoms with Gasteiger partial charge in [-0.2, -0.15) is 0 Å². The van der Waals surface area contributed by atoms with Crippen molar-refractivity contribution in [2.75, 3.05) is 13.2 Å². The van der Waals surface area contributed by atoms with Crippen LogP contribution < -0.4 is 14.8 Å². The predicted molar refractivity (Wildman–Crippen MR) is 103 cm³/mol. The summed E-state index contributed by atoms with van der Waals surface area (Å²) in [7, 11) is 0. The van der Waals surface area contributed by atoms with Gasteiger partial charge >= 0.3 is 0 Å². The van der Waals surface area contributed by atoms with Gasteiger partial charge in [0.15, 0.2) is 11.5 Å². The van der Waals surface area contributed by atoms with E-state index in [0.29, 0.717) is 13.2 Å². The number of rotatable bonds is 9. The van der Waals surface area contributed by atoms with Gasteiger partial charge in [0.1, 0.15) is 6.61 Å². The third kappa shape index (κ3) is 5.25. The molecule has 0 aromatic heterocycles. The standard InChI is InChI=1S/C20H26BrNO2/c1-4-10-22-13-16-11-18(21)20(19(12-16)23-5-2)24-14-17-9-7-6-8-15(17)3/h6-9,11-12,22H,4-5,10,13-14H2,1-3H3. The smallest absolute Gasteiger partial charge is 0.175 e. The zero-order valence-corrected chi connectivity index (χ0v) is 16.3. The van der Waals surface area contributed by atoms with E-state index in [-0.39, 0.29) is 0 Å². The first-order chi connectivity index (χ1) is 11.7. The fourth-order valence-electron chi connectivity index (χ4n) is 2.46. The lowest BCUT2D eigenvalue weighted by atomic mass is 10.1. The molecule has 0 atom stereocenters. The van der Waals surface area contributed by atoms with Gasteiger partial charge in [0, 0.05) is 6.54 Å². The van der Waals surface area contributed by atoms with Crippen LogP contribution in [0.5, 0.6) is 11.5 Å². The van der Waals surface area contributed by atoms with Crippen molar-refractivity contribution in [2.45, 2.75) is 40.3 Å². The zero-order valence-electron chi connectivity index (χ0n) is 14.7. The lowest BCUT2D eigenvalue weighted by Crippen LogP contribution is -2.14. The van der Waals surface area contributed by atoms with Crippen molar-refractivity contribution in [3.63, 3.8) is 0 Å². The topological polar surface area (TPSA) is 30.5 Å². The van der Waals surface area contributed by atoms with Crippen LogP contribution in [-0.4, -0.2) is 13.2 Å². The number of ether oxygens (including phenoxy) is 2. The highest BCUT2D eigenvalue weighted by Crippen LogP contribution is 2.37. The number of hydrogen-bond donors (Lipinski definition) is 1. The van der Waals surface area contributed by atoms with E-state index in [1.54, 1.807) is 0 Å².